The summed E-state index contributed by atoms with van der Waals surface area (Å²) in [6.07, 6.45) is 2.96. The van der Waals surface area contributed by atoms with Crippen LogP contribution in [0.4, 0.5) is 0 Å². The van der Waals surface area contributed by atoms with E-state index in [0.29, 0.717) is 24.3 Å². The van der Waals surface area contributed by atoms with E-state index < -0.39 is 0 Å². The van der Waals surface area contributed by atoms with Crippen LogP contribution in [0.25, 0.3) is 0 Å². The lowest BCUT2D eigenvalue weighted by Gasteiger charge is -2.32. The quantitative estimate of drug-likeness (QED) is 0.828. The van der Waals surface area contributed by atoms with E-state index in [1.54, 1.807) is 30.2 Å². The van der Waals surface area contributed by atoms with Crippen molar-refractivity contribution in [2.24, 2.45) is 5.92 Å². The van der Waals surface area contributed by atoms with Gasteiger partial charge in [-0.15, -0.1) is 0 Å². The first-order chi connectivity index (χ1) is 12.0. The van der Waals surface area contributed by atoms with Crippen LogP contribution in [0.3, 0.4) is 0 Å². The van der Waals surface area contributed by atoms with Gasteiger partial charge in [0.15, 0.2) is 0 Å². The van der Waals surface area contributed by atoms with E-state index >= 15 is 0 Å². The topological polar surface area (TPSA) is 78.9 Å². The van der Waals surface area contributed by atoms with Gasteiger partial charge in [-0.3, -0.25) is 9.59 Å². The minimum Gasteiger partial charge on any atom is -0.508 e. The predicted octanol–water partition coefficient (Wildman–Crippen LogP) is 2.62. The summed E-state index contributed by atoms with van der Waals surface area (Å²) in [5.41, 5.74) is 0.613. The molecule has 1 fully saturated rings. The van der Waals surface area contributed by atoms with Crippen molar-refractivity contribution < 1.29 is 19.4 Å². The van der Waals surface area contributed by atoms with Gasteiger partial charge in [0.05, 0.1) is 19.1 Å². The zero-order valence-electron chi connectivity index (χ0n) is 15.2. The molecule has 6 heteroatoms. The van der Waals surface area contributed by atoms with Crippen molar-refractivity contribution >= 4 is 11.8 Å². The molecular weight excluding hydrogens is 320 g/mol. The van der Waals surface area contributed by atoms with Gasteiger partial charge < -0.3 is 20.1 Å². The summed E-state index contributed by atoms with van der Waals surface area (Å²) in [7, 11) is 1.56. The summed E-state index contributed by atoms with van der Waals surface area (Å²) in [6, 6.07) is 4.61. The average Bonchev–Trinajstić information content (AvgIpc) is 2.62. The Morgan fingerprint density at radius 2 is 2.20 bits per heavy atom. The number of hydrogen-bond donors (Lipinski definition) is 2. The Hall–Kier alpha value is -2.24. The zero-order chi connectivity index (χ0) is 18.4. The third kappa shape index (κ3) is 4.87. The molecule has 0 aromatic heterocycles. The van der Waals surface area contributed by atoms with E-state index in [1.807, 2.05) is 13.8 Å². The molecule has 25 heavy (non-hydrogen) atoms. The molecule has 1 aliphatic rings. The van der Waals surface area contributed by atoms with E-state index in [2.05, 4.69) is 5.32 Å². The summed E-state index contributed by atoms with van der Waals surface area (Å²) in [5.74, 6) is 0.590. The number of rotatable bonds is 6. The van der Waals surface area contributed by atoms with Crippen LogP contribution >= 0.6 is 0 Å². The molecule has 0 bridgehead atoms. The molecule has 138 valence electrons. The molecule has 2 amide bonds. The summed E-state index contributed by atoms with van der Waals surface area (Å²) in [6.45, 7) is 5.01. The van der Waals surface area contributed by atoms with Crippen LogP contribution < -0.4 is 10.1 Å². The van der Waals surface area contributed by atoms with Crippen molar-refractivity contribution in [3.8, 4) is 11.5 Å². The fourth-order valence-electron chi connectivity index (χ4n) is 3.21. The maximum Gasteiger partial charge on any atom is 0.225 e. The molecule has 1 heterocycles. The Bertz CT molecular complexity index is 617. The molecular formula is C19H28N2O4. The number of amides is 2. The van der Waals surface area contributed by atoms with Crippen molar-refractivity contribution in [1.29, 1.82) is 0 Å². The predicted molar refractivity (Wildman–Crippen MR) is 95.4 cm³/mol. The second-order valence-electron chi connectivity index (χ2n) is 6.58. The van der Waals surface area contributed by atoms with Gasteiger partial charge in [0.2, 0.25) is 11.8 Å². The van der Waals surface area contributed by atoms with E-state index in [4.69, 9.17) is 4.74 Å². The fourth-order valence-corrected chi connectivity index (χ4v) is 3.21. The Balaban J connectivity index is 2.00. The highest BCUT2D eigenvalue weighted by Crippen LogP contribution is 2.29. The number of carbonyl (C=O) groups is 2. The van der Waals surface area contributed by atoms with Gasteiger partial charge in [0.1, 0.15) is 11.5 Å². The first-order valence-corrected chi connectivity index (χ1v) is 8.91. The molecule has 1 aromatic carbocycles. The van der Waals surface area contributed by atoms with Crippen LogP contribution in [0.15, 0.2) is 18.2 Å². The molecule has 0 radical (unpaired) electrons. The van der Waals surface area contributed by atoms with Crippen molar-refractivity contribution in [3.05, 3.63) is 23.8 Å². The number of carbonyl (C=O) groups excluding carboxylic acids is 2. The number of aromatic hydroxyl groups is 1. The van der Waals surface area contributed by atoms with Gasteiger partial charge in [-0.1, -0.05) is 6.92 Å². The Labute approximate surface area is 149 Å². The number of benzene rings is 1. The lowest BCUT2D eigenvalue weighted by molar-refractivity contribution is -0.135. The van der Waals surface area contributed by atoms with Gasteiger partial charge in [-0.2, -0.15) is 0 Å². The highest BCUT2D eigenvalue weighted by molar-refractivity contribution is 5.81. The summed E-state index contributed by atoms with van der Waals surface area (Å²) in [5, 5.41) is 13.0. The average molecular weight is 348 g/mol. The fraction of sp³-hybridized carbons (Fsp3) is 0.579. The number of nitrogens with one attached hydrogen (secondary N) is 1. The number of piperidine rings is 1. The number of phenols is 1. The molecule has 2 atom stereocenters. The molecule has 1 saturated heterocycles. The number of likely N-dealkylation sites (tertiary alicyclic amines) is 1. The highest BCUT2D eigenvalue weighted by atomic mass is 16.5. The lowest BCUT2D eigenvalue weighted by Crippen LogP contribution is -2.45. The maximum atomic E-state index is 12.6. The van der Waals surface area contributed by atoms with Gasteiger partial charge in [0, 0.05) is 25.1 Å². The van der Waals surface area contributed by atoms with Crippen LogP contribution in [0.5, 0.6) is 11.5 Å². The standard InChI is InChI=1S/C19H28N2O4/c1-4-6-18(23)21-10-5-7-14(12-21)19(24)20-13(2)16-11-15(25-3)8-9-17(16)22/h8-9,11,13-14,22H,4-7,10,12H2,1-3H3,(H,20,24)/t13-,14-/m0/s1. The molecule has 2 rings (SSSR count). The van der Waals surface area contributed by atoms with Gasteiger partial charge in [-0.05, 0) is 44.4 Å². The monoisotopic (exact) mass is 348 g/mol. The lowest BCUT2D eigenvalue weighted by atomic mass is 9.96. The van der Waals surface area contributed by atoms with Crippen molar-refractivity contribution in [2.75, 3.05) is 20.2 Å². The van der Waals surface area contributed by atoms with E-state index in [9.17, 15) is 14.7 Å². The molecule has 0 unspecified atom stereocenters. The highest BCUT2D eigenvalue weighted by Gasteiger charge is 2.29. The summed E-state index contributed by atoms with van der Waals surface area (Å²) >= 11 is 0. The largest absolute Gasteiger partial charge is 0.508 e. The summed E-state index contributed by atoms with van der Waals surface area (Å²) in [4.78, 5) is 26.5. The number of phenolic OH excluding ortho intramolecular Hbond substituents is 1. The minimum absolute atomic E-state index is 0.0799. The minimum atomic E-state index is -0.343. The number of nitrogens with zero attached hydrogens (tertiary/aromatic N) is 1. The molecule has 1 aromatic rings. The Morgan fingerprint density at radius 3 is 2.88 bits per heavy atom. The van der Waals surface area contributed by atoms with E-state index in [-0.39, 0.29) is 29.5 Å². The summed E-state index contributed by atoms with van der Waals surface area (Å²) < 4.78 is 5.18. The van der Waals surface area contributed by atoms with Crippen molar-refractivity contribution in [1.82, 2.24) is 10.2 Å². The van der Waals surface area contributed by atoms with Crippen LogP contribution in [0.1, 0.15) is 51.1 Å². The molecule has 6 nitrogen and oxygen atoms in total. The third-order valence-corrected chi connectivity index (χ3v) is 4.67. The Kier molecular flexibility index (Phi) is 6.67. The number of hydrogen-bond acceptors (Lipinski definition) is 4. The van der Waals surface area contributed by atoms with Crippen molar-refractivity contribution in [2.45, 2.75) is 45.6 Å². The van der Waals surface area contributed by atoms with Gasteiger partial charge >= 0.3 is 0 Å². The van der Waals surface area contributed by atoms with Crippen LogP contribution in [0.2, 0.25) is 0 Å². The first-order valence-electron chi connectivity index (χ1n) is 8.91. The Morgan fingerprint density at radius 1 is 1.44 bits per heavy atom. The molecule has 0 aliphatic carbocycles. The van der Waals surface area contributed by atoms with Gasteiger partial charge in [0.25, 0.3) is 0 Å². The molecule has 2 N–H and O–H groups in total. The van der Waals surface area contributed by atoms with Crippen molar-refractivity contribution in [3.63, 3.8) is 0 Å². The van der Waals surface area contributed by atoms with Crippen LogP contribution in [-0.2, 0) is 9.59 Å². The SMILES string of the molecule is CCCC(=O)N1CCC[C@H](C(=O)N[C@@H](C)c2cc(OC)ccc2O)C1. The second kappa shape index (κ2) is 8.74. The maximum absolute atomic E-state index is 12.6. The van der Waals surface area contributed by atoms with E-state index in [1.165, 1.54) is 0 Å². The van der Waals surface area contributed by atoms with Crippen LogP contribution in [0, 0.1) is 5.92 Å². The molecule has 1 aliphatic heterocycles. The third-order valence-electron chi connectivity index (χ3n) is 4.67. The number of ether oxygens (including phenoxy) is 1. The second-order valence-corrected chi connectivity index (χ2v) is 6.58. The molecule has 0 spiro atoms. The molecule has 0 saturated carbocycles. The smallest absolute Gasteiger partial charge is 0.225 e. The zero-order valence-corrected chi connectivity index (χ0v) is 15.2. The van der Waals surface area contributed by atoms with E-state index in [0.717, 1.165) is 25.8 Å². The van der Waals surface area contributed by atoms with Gasteiger partial charge in [-0.25, -0.2) is 0 Å². The number of methoxy groups -OCH3 is 1. The van der Waals surface area contributed by atoms with Crippen LogP contribution in [-0.4, -0.2) is 42.0 Å². The first kappa shape index (κ1) is 19.1. The normalized spacial score (nSPS) is 18.5.